The van der Waals surface area contributed by atoms with Crippen LogP contribution >= 0.6 is 11.6 Å². The Morgan fingerprint density at radius 2 is 2.13 bits per heavy atom. The molecule has 1 aromatic rings. The quantitative estimate of drug-likeness (QED) is 0.789. The van der Waals surface area contributed by atoms with Crippen LogP contribution in [-0.4, -0.2) is 20.3 Å². The van der Waals surface area contributed by atoms with Crippen molar-refractivity contribution in [2.24, 2.45) is 5.73 Å². The SMILES string of the molecule is COCCOc1ccc(C(C)N)cc1Cl. The first kappa shape index (κ1) is 12.3. The summed E-state index contributed by atoms with van der Waals surface area (Å²) in [7, 11) is 1.63. The van der Waals surface area contributed by atoms with E-state index in [1.807, 2.05) is 25.1 Å². The first-order valence-corrected chi connectivity index (χ1v) is 5.19. The van der Waals surface area contributed by atoms with E-state index in [1.165, 1.54) is 0 Å². The van der Waals surface area contributed by atoms with E-state index in [2.05, 4.69) is 0 Å². The van der Waals surface area contributed by atoms with E-state index < -0.39 is 0 Å². The highest BCUT2D eigenvalue weighted by atomic mass is 35.5. The van der Waals surface area contributed by atoms with Gasteiger partial charge in [-0.15, -0.1) is 0 Å². The van der Waals surface area contributed by atoms with Crippen LogP contribution in [0.2, 0.25) is 5.02 Å². The molecule has 3 nitrogen and oxygen atoms in total. The number of benzene rings is 1. The van der Waals surface area contributed by atoms with Crippen molar-refractivity contribution in [3.05, 3.63) is 28.8 Å². The highest BCUT2D eigenvalue weighted by molar-refractivity contribution is 6.32. The van der Waals surface area contributed by atoms with Crippen LogP contribution in [0.15, 0.2) is 18.2 Å². The fourth-order valence-corrected chi connectivity index (χ4v) is 1.40. The Bertz CT molecular complexity index is 315. The molecular formula is C11H16ClNO2. The van der Waals surface area contributed by atoms with Crippen molar-refractivity contribution < 1.29 is 9.47 Å². The molecule has 84 valence electrons. The monoisotopic (exact) mass is 229 g/mol. The summed E-state index contributed by atoms with van der Waals surface area (Å²) in [6.45, 7) is 2.95. The van der Waals surface area contributed by atoms with Crippen molar-refractivity contribution in [3.8, 4) is 5.75 Å². The van der Waals surface area contributed by atoms with Crippen LogP contribution in [0, 0.1) is 0 Å². The number of hydrogen-bond donors (Lipinski definition) is 1. The molecule has 1 rings (SSSR count). The fraction of sp³-hybridized carbons (Fsp3) is 0.455. The Balaban J connectivity index is 2.66. The van der Waals surface area contributed by atoms with Crippen LogP contribution in [0.5, 0.6) is 5.75 Å². The molecule has 1 atom stereocenters. The van der Waals surface area contributed by atoms with Crippen LogP contribution in [-0.2, 0) is 4.74 Å². The molecule has 0 aromatic heterocycles. The lowest BCUT2D eigenvalue weighted by Gasteiger charge is -2.10. The first-order valence-electron chi connectivity index (χ1n) is 4.82. The number of rotatable bonds is 5. The van der Waals surface area contributed by atoms with E-state index in [0.717, 1.165) is 5.56 Å². The van der Waals surface area contributed by atoms with Gasteiger partial charge in [-0.3, -0.25) is 0 Å². The molecule has 0 aliphatic rings. The van der Waals surface area contributed by atoms with Crippen molar-refractivity contribution in [1.29, 1.82) is 0 Å². The maximum Gasteiger partial charge on any atom is 0.138 e. The third-order valence-electron chi connectivity index (χ3n) is 2.03. The van der Waals surface area contributed by atoms with E-state index in [9.17, 15) is 0 Å². The van der Waals surface area contributed by atoms with Gasteiger partial charge in [-0.25, -0.2) is 0 Å². The zero-order valence-electron chi connectivity index (χ0n) is 9.00. The van der Waals surface area contributed by atoms with E-state index in [1.54, 1.807) is 7.11 Å². The molecule has 1 unspecified atom stereocenters. The number of methoxy groups -OCH3 is 1. The van der Waals surface area contributed by atoms with E-state index >= 15 is 0 Å². The second kappa shape index (κ2) is 5.95. The van der Waals surface area contributed by atoms with E-state index in [-0.39, 0.29) is 6.04 Å². The van der Waals surface area contributed by atoms with Gasteiger partial charge in [-0.1, -0.05) is 17.7 Å². The second-order valence-corrected chi connectivity index (χ2v) is 3.73. The van der Waals surface area contributed by atoms with Crippen LogP contribution < -0.4 is 10.5 Å². The summed E-state index contributed by atoms with van der Waals surface area (Å²) >= 11 is 6.03. The largest absolute Gasteiger partial charge is 0.490 e. The number of ether oxygens (including phenoxy) is 2. The predicted molar refractivity (Wildman–Crippen MR) is 61.4 cm³/mol. The molecule has 0 aliphatic carbocycles. The summed E-state index contributed by atoms with van der Waals surface area (Å²) in [5.74, 6) is 0.665. The van der Waals surface area contributed by atoms with Gasteiger partial charge in [-0.05, 0) is 24.6 Å². The molecule has 0 saturated heterocycles. The minimum Gasteiger partial charge on any atom is -0.490 e. The Morgan fingerprint density at radius 3 is 2.67 bits per heavy atom. The van der Waals surface area contributed by atoms with Gasteiger partial charge in [0, 0.05) is 13.2 Å². The minimum atomic E-state index is -0.0180. The molecule has 0 fully saturated rings. The summed E-state index contributed by atoms with van der Waals surface area (Å²) in [6, 6.07) is 5.56. The summed E-state index contributed by atoms with van der Waals surface area (Å²) < 4.78 is 10.3. The smallest absolute Gasteiger partial charge is 0.138 e. The number of halogens is 1. The van der Waals surface area contributed by atoms with Crippen molar-refractivity contribution >= 4 is 11.6 Å². The standard InChI is InChI=1S/C11H16ClNO2/c1-8(13)9-3-4-11(10(12)7-9)15-6-5-14-2/h3-4,7-8H,5-6,13H2,1-2H3. The average Bonchev–Trinajstić information content (AvgIpc) is 2.20. The predicted octanol–water partition coefficient (Wildman–Crippen LogP) is 2.38. The lowest BCUT2D eigenvalue weighted by atomic mass is 10.1. The maximum atomic E-state index is 6.03. The zero-order valence-corrected chi connectivity index (χ0v) is 9.75. The average molecular weight is 230 g/mol. The Morgan fingerprint density at radius 1 is 1.40 bits per heavy atom. The molecular weight excluding hydrogens is 214 g/mol. The molecule has 0 amide bonds. The van der Waals surface area contributed by atoms with Crippen LogP contribution in [0.25, 0.3) is 0 Å². The highest BCUT2D eigenvalue weighted by Crippen LogP contribution is 2.27. The van der Waals surface area contributed by atoms with Crippen molar-refractivity contribution in [2.75, 3.05) is 20.3 Å². The summed E-state index contributed by atoms with van der Waals surface area (Å²) in [4.78, 5) is 0. The first-order chi connectivity index (χ1) is 7.15. The third-order valence-corrected chi connectivity index (χ3v) is 2.32. The van der Waals surface area contributed by atoms with E-state index in [4.69, 9.17) is 26.8 Å². The van der Waals surface area contributed by atoms with Gasteiger partial charge < -0.3 is 15.2 Å². The Kier molecular flexibility index (Phi) is 4.88. The summed E-state index contributed by atoms with van der Waals surface area (Å²) in [6.07, 6.45) is 0. The topological polar surface area (TPSA) is 44.5 Å². The van der Waals surface area contributed by atoms with Gasteiger partial charge >= 0.3 is 0 Å². The van der Waals surface area contributed by atoms with Gasteiger partial charge in [0.25, 0.3) is 0 Å². The number of nitrogens with two attached hydrogens (primary N) is 1. The summed E-state index contributed by atoms with van der Waals surface area (Å²) in [5, 5.41) is 0.584. The van der Waals surface area contributed by atoms with Crippen molar-refractivity contribution in [2.45, 2.75) is 13.0 Å². The lowest BCUT2D eigenvalue weighted by molar-refractivity contribution is 0.146. The molecule has 1 aromatic carbocycles. The Hall–Kier alpha value is -0.770. The van der Waals surface area contributed by atoms with Crippen LogP contribution in [0.1, 0.15) is 18.5 Å². The van der Waals surface area contributed by atoms with Gasteiger partial charge in [0.05, 0.1) is 11.6 Å². The maximum absolute atomic E-state index is 6.03. The minimum absolute atomic E-state index is 0.0180. The molecule has 0 heterocycles. The Labute approximate surface area is 95.1 Å². The third kappa shape index (κ3) is 3.70. The molecule has 0 spiro atoms. The van der Waals surface area contributed by atoms with E-state index in [0.29, 0.717) is 24.0 Å². The molecule has 2 N–H and O–H groups in total. The van der Waals surface area contributed by atoms with Crippen LogP contribution in [0.3, 0.4) is 0 Å². The number of hydrogen-bond acceptors (Lipinski definition) is 3. The normalized spacial score (nSPS) is 12.5. The molecule has 4 heteroatoms. The molecule has 0 radical (unpaired) electrons. The fourth-order valence-electron chi connectivity index (χ4n) is 1.15. The molecule has 0 aliphatic heterocycles. The summed E-state index contributed by atoms with van der Waals surface area (Å²) in [5.41, 5.74) is 6.73. The second-order valence-electron chi connectivity index (χ2n) is 3.32. The highest BCUT2D eigenvalue weighted by Gasteiger charge is 2.05. The van der Waals surface area contributed by atoms with Gasteiger partial charge in [0.15, 0.2) is 0 Å². The van der Waals surface area contributed by atoms with Crippen molar-refractivity contribution in [1.82, 2.24) is 0 Å². The van der Waals surface area contributed by atoms with Crippen molar-refractivity contribution in [3.63, 3.8) is 0 Å². The van der Waals surface area contributed by atoms with Gasteiger partial charge in [0.2, 0.25) is 0 Å². The molecule has 0 saturated carbocycles. The molecule has 0 bridgehead atoms. The molecule has 15 heavy (non-hydrogen) atoms. The van der Waals surface area contributed by atoms with Gasteiger partial charge in [-0.2, -0.15) is 0 Å². The lowest BCUT2D eigenvalue weighted by Crippen LogP contribution is -2.07. The zero-order chi connectivity index (χ0) is 11.3. The van der Waals surface area contributed by atoms with Crippen LogP contribution in [0.4, 0.5) is 0 Å². The van der Waals surface area contributed by atoms with Gasteiger partial charge in [0.1, 0.15) is 12.4 Å².